The zero-order chi connectivity index (χ0) is 18.8. The minimum Gasteiger partial charge on any atom is -0.346 e. The molecule has 1 N–H and O–H groups in total. The Kier molecular flexibility index (Phi) is 4.92. The number of para-hydroxylation sites is 2. The molecule has 7 heteroatoms. The van der Waals surface area contributed by atoms with Gasteiger partial charge in [0.25, 0.3) is 0 Å². The van der Waals surface area contributed by atoms with Crippen LogP contribution in [0.3, 0.4) is 0 Å². The van der Waals surface area contributed by atoms with Crippen molar-refractivity contribution in [2.45, 2.75) is 64.6 Å². The molecule has 27 heavy (non-hydrogen) atoms. The van der Waals surface area contributed by atoms with Crippen LogP contribution in [0.4, 0.5) is 0 Å². The van der Waals surface area contributed by atoms with E-state index in [1.54, 1.807) is 6.33 Å². The van der Waals surface area contributed by atoms with E-state index in [1.165, 1.54) is 25.7 Å². The van der Waals surface area contributed by atoms with Crippen molar-refractivity contribution in [2.75, 3.05) is 0 Å². The first-order chi connectivity index (χ1) is 13.1. The zero-order valence-electron chi connectivity index (χ0n) is 15.9. The number of rotatable bonds is 6. The van der Waals surface area contributed by atoms with Crippen molar-refractivity contribution in [1.82, 2.24) is 29.6 Å². The van der Waals surface area contributed by atoms with Crippen LogP contribution in [-0.4, -0.2) is 30.2 Å². The van der Waals surface area contributed by atoms with E-state index in [0.29, 0.717) is 19.0 Å². The number of aryl methyl sites for hydroxylation is 2. The van der Waals surface area contributed by atoms with Crippen LogP contribution < -0.4 is 5.32 Å². The second-order valence-electron chi connectivity index (χ2n) is 7.37. The maximum absolute atomic E-state index is 12.5. The molecule has 142 valence electrons. The Bertz CT molecular complexity index is 937. The number of aromatic nitrogens is 5. The highest BCUT2D eigenvalue weighted by atomic mass is 16.1. The molecule has 1 aromatic carbocycles. The smallest absolute Gasteiger partial charge is 0.222 e. The van der Waals surface area contributed by atoms with E-state index in [0.717, 1.165) is 22.7 Å². The largest absolute Gasteiger partial charge is 0.346 e. The second kappa shape index (κ2) is 7.50. The van der Waals surface area contributed by atoms with Crippen molar-refractivity contribution in [3.8, 4) is 0 Å². The van der Waals surface area contributed by atoms with Crippen LogP contribution in [0.15, 0.2) is 30.6 Å². The van der Waals surface area contributed by atoms with Gasteiger partial charge in [-0.3, -0.25) is 4.79 Å². The molecular weight excluding hydrogens is 340 g/mol. The maximum atomic E-state index is 12.5. The van der Waals surface area contributed by atoms with E-state index in [-0.39, 0.29) is 11.9 Å². The fourth-order valence-electron chi connectivity index (χ4n) is 4.10. The van der Waals surface area contributed by atoms with Crippen LogP contribution in [0.5, 0.6) is 0 Å². The monoisotopic (exact) mass is 366 g/mol. The molecule has 3 aromatic rings. The lowest BCUT2D eigenvalue weighted by molar-refractivity contribution is -0.122. The van der Waals surface area contributed by atoms with Gasteiger partial charge in [0.05, 0.1) is 17.1 Å². The summed E-state index contributed by atoms with van der Waals surface area (Å²) >= 11 is 0. The molecule has 4 rings (SSSR count). The van der Waals surface area contributed by atoms with Crippen LogP contribution in [0.25, 0.3) is 11.0 Å². The number of hydrogen-bond acceptors (Lipinski definition) is 4. The van der Waals surface area contributed by atoms with Gasteiger partial charge < -0.3 is 14.5 Å². The first-order valence-corrected chi connectivity index (χ1v) is 9.74. The van der Waals surface area contributed by atoms with Crippen molar-refractivity contribution >= 4 is 16.9 Å². The van der Waals surface area contributed by atoms with E-state index in [2.05, 4.69) is 29.6 Å². The van der Waals surface area contributed by atoms with Gasteiger partial charge in [0.1, 0.15) is 12.2 Å². The summed E-state index contributed by atoms with van der Waals surface area (Å²) in [6.45, 7) is 4.57. The Morgan fingerprint density at radius 2 is 2.07 bits per heavy atom. The van der Waals surface area contributed by atoms with E-state index < -0.39 is 0 Å². The SMILES string of the molecule is Cc1nc2ccccc2n1CCC(=O)N[C@@H](C)c1nncn1C1CCCC1. The highest BCUT2D eigenvalue weighted by Crippen LogP contribution is 2.31. The third-order valence-corrected chi connectivity index (χ3v) is 5.49. The summed E-state index contributed by atoms with van der Waals surface area (Å²) in [4.78, 5) is 17.1. The van der Waals surface area contributed by atoms with Crippen molar-refractivity contribution in [1.29, 1.82) is 0 Å². The molecular formula is C20H26N6O. The number of imidazole rings is 1. The quantitative estimate of drug-likeness (QED) is 0.726. The van der Waals surface area contributed by atoms with Gasteiger partial charge in [-0.05, 0) is 38.8 Å². The molecule has 0 bridgehead atoms. The molecule has 1 aliphatic carbocycles. The summed E-state index contributed by atoms with van der Waals surface area (Å²) in [7, 11) is 0. The molecule has 1 saturated carbocycles. The Morgan fingerprint density at radius 1 is 1.30 bits per heavy atom. The first kappa shape index (κ1) is 17.7. The standard InChI is InChI=1S/C20H26N6O/c1-14(20-24-21-13-26(20)16-7-3-4-8-16)22-19(27)11-12-25-15(2)23-17-9-5-6-10-18(17)25/h5-6,9-10,13-14,16H,3-4,7-8,11-12H2,1-2H3,(H,22,27)/t14-/m0/s1. The lowest BCUT2D eigenvalue weighted by Gasteiger charge is -2.19. The minimum absolute atomic E-state index is 0.0145. The molecule has 2 aromatic heterocycles. The molecule has 1 amide bonds. The van der Waals surface area contributed by atoms with Gasteiger partial charge in [0.2, 0.25) is 5.91 Å². The summed E-state index contributed by atoms with van der Waals surface area (Å²) in [5.74, 6) is 1.79. The number of nitrogens with zero attached hydrogens (tertiary/aromatic N) is 5. The van der Waals surface area contributed by atoms with Crippen LogP contribution in [0, 0.1) is 6.92 Å². The van der Waals surface area contributed by atoms with E-state index >= 15 is 0 Å². The average molecular weight is 366 g/mol. The molecule has 1 fully saturated rings. The zero-order valence-corrected chi connectivity index (χ0v) is 15.9. The Balaban J connectivity index is 1.39. The van der Waals surface area contributed by atoms with Gasteiger partial charge in [-0.25, -0.2) is 4.98 Å². The first-order valence-electron chi connectivity index (χ1n) is 9.74. The Morgan fingerprint density at radius 3 is 2.89 bits per heavy atom. The highest BCUT2D eigenvalue weighted by molar-refractivity contribution is 5.78. The van der Waals surface area contributed by atoms with Gasteiger partial charge >= 0.3 is 0 Å². The average Bonchev–Trinajstić information content (AvgIpc) is 3.38. The number of hydrogen-bond donors (Lipinski definition) is 1. The predicted molar refractivity (Wildman–Crippen MR) is 103 cm³/mol. The van der Waals surface area contributed by atoms with Crippen molar-refractivity contribution in [3.05, 3.63) is 42.2 Å². The highest BCUT2D eigenvalue weighted by Gasteiger charge is 2.23. The molecule has 7 nitrogen and oxygen atoms in total. The van der Waals surface area contributed by atoms with Gasteiger partial charge in [-0.1, -0.05) is 25.0 Å². The lowest BCUT2D eigenvalue weighted by Crippen LogP contribution is -2.30. The lowest BCUT2D eigenvalue weighted by atomic mass is 10.2. The number of nitrogens with one attached hydrogen (secondary N) is 1. The Labute approximate surface area is 158 Å². The van der Waals surface area contributed by atoms with Gasteiger partial charge in [-0.2, -0.15) is 0 Å². The fraction of sp³-hybridized carbons (Fsp3) is 0.500. The van der Waals surface area contributed by atoms with Crippen molar-refractivity contribution < 1.29 is 4.79 Å². The molecule has 1 atom stereocenters. The fourth-order valence-corrected chi connectivity index (χ4v) is 4.10. The van der Waals surface area contributed by atoms with Gasteiger partial charge in [0.15, 0.2) is 5.82 Å². The molecule has 0 unspecified atom stereocenters. The molecule has 0 radical (unpaired) electrons. The van der Waals surface area contributed by atoms with Crippen molar-refractivity contribution in [3.63, 3.8) is 0 Å². The second-order valence-corrected chi connectivity index (χ2v) is 7.37. The Hall–Kier alpha value is -2.70. The topological polar surface area (TPSA) is 77.6 Å². The van der Waals surface area contributed by atoms with E-state index in [1.807, 2.05) is 38.1 Å². The molecule has 0 spiro atoms. The third-order valence-electron chi connectivity index (χ3n) is 5.49. The van der Waals surface area contributed by atoms with Crippen molar-refractivity contribution in [2.24, 2.45) is 0 Å². The summed E-state index contributed by atoms with van der Waals surface area (Å²) in [6, 6.07) is 8.33. The predicted octanol–water partition coefficient (Wildman–Crippen LogP) is 3.32. The van der Waals surface area contributed by atoms with Gasteiger partial charge in [-0.15, -0.1) is 10.2 Å². The number of carbonyl (C=O) groups is 1. The molecule has 0 saturated heterocycles. The number of carbonyl (C=O) groups excluding carboxylic acids is 1. The number of fused-ring (bicyclic) bond motifs is 1. The summed E-state index contributed by atoms with van der Waals surface area (Å²) in [5, 5.41) is 11.4. The molecule has 1 aliphatic rings. The van der Waals surface area contributed by atoms with Crippen LogP contribution in [0.2, 0.25) is 0 Å². The van der Waals surface area contributed by atoms with Gasteiger partial charge in [0, 0.05) is 19.0 Å². The third kappa shape index (κ3) is 3.59. The van der Waals surface area contributed by atoms with Crippen LogP contribution >= 0.6 is 0 Å². The number of benzene rings is 1. The molecule has 2 heterocycles. The molecule has 0 aliphatic heterocycles. The summed E-state index contributed by atoms with van der Waals surface area (Å²) in [6.07, 6.45) is 7.04. The normalized spacial score (nSPS) is 16.1. The van der Waals surface area contributed by atoms with Crippen LogP contribution in [0.1, 0.15) is 62.8 Å². The van der Waals surface area contributed by atoms with E-state index in [9.17, 15) is 4.79 Å². The van der Waals surface area contributed by atoms with E-state index in [4.69, 9.17) is 0 Å². The van der Waals surface area contributed by atoms with Crippen LogP contribution in [-0.2, 0) is 11.3 Å². The maximum Gasteiger partial charge on any atom is 0.222 e. The minimum atomic E-state index is -0.152. The number of amides is 1. The summed E-state index contributed by atoms with van der Waals surface area (Å²) < 4.78 is 4.24. The summed E-state index contributed by atoms with van der Waals surface area (Å²) in [5.41, 5.74) is 2.03.